The minimum atomic E-state index is -4.05. The molecule has 1 aromatic carbocycles. The Morgan fingerprint density at radius 3 is 2.10 bits per heavy atom. The Morgan fingerprint density at radius 2 is 1.62 bits per heavy atom. The van der Waals surface area contributed by atoms with Crippen molar-refractivity contribution in [2.45, 2.75) is 30.6 Å². The van der Waals surface area contributed by atoms with Crippen molar-refractivity contribution < 1.29 is 17.2 Å². The van der Waals surface area contributed by atoms with Crippen LogP contribution in [0.3, 0.4) is 0 Å². The van der Waals surface area contributed by atoms with Gasteiger partial charge in [-0.1, -0.05) is 0 Å². The van der Waals surface area contributed by atoms with Gasteiger partial charge in [-0.3, -0.25) is 0 Å². The van der Waals surface area contributed by atoms with Crippen molar-refractivity contribution in [3.8, 4) is 0 Å². The number of benzene rings is 1. The zero-order valence-corrected chi connectivity index (χ0v) is 12.4. The van der Waals surface area contributed by atoms with Crippen LogP contribution in [0.1, 0.15) is 25.7 Å². The lowest BCUT2D eigenvalue weighted by molar-refractivity contribution is 0.377. The fourth-order valence-electron chi connectivity index (χ4n) is 2.36. The predicted molar refractivity (Wildman–Crippen MR) is 75.0 cm³/mol. The molecule has 2 saturated carbocycles. The van der Waals surface area contributed by atoms with Crippen molar-refractivity contribution in [3.63, 3.8) is 0 Å². The minimum Gasteiger partial charge on any atom is -0.399 e. The SMILES string of the molecule is Nc1cc(F)c(F)c(S(=O)(=O)N(CC2CC2)CC2CC2)c1. The summed E-state index contributed by atoms with van der Waals surface area (Å²) in [5.41, 5.74) is 5.37. The summed E-state index contributed by atoms with van der Waals surface area (Å²) in [4.78, 5) is -0.652. The van der Waals surface area contributed by atoms with Crippen molar-refractivity contribution in [2.75, 3.05) is 18.8 Å². The van der Waals surface area contributed by atoms with Gasteiger partial charge in [-0.2, -0.15) is 4.31 Å². The van der Waals surface area contributed by atoms with Crippen molar-refractivity contribution >= 4 is 15.7 Å². The Hall–Kier alpha value is -1.21. The smallest absolute Gasteiger partial charge is 0.246 e. The summed E-state index contributed by atoms with van der Waals surface area (Å²) in [5, 5.41) is 0. The Kier molecular flexibility index (Phi) is 3.65. The van der Waals surface area contributed by atoms with E-state index in [0.29, 0.717) is 24.9 Å². The van der Waals surface area contributed by atoms with E-state index < -0.39 is 26.6 Å². The highest BCUT2D eigenvalue weighted by molar-refractivity contribution is 7.89. The number of sulfonamides is 1. The summed E-state index contributed by atoms with van der Waals surface area (Å²) in [5.74, 6) is -1.90. The molecule has 0 amide bonds. The number of hydrogen-bond acceptors (Lipinski definition) is 3. The molecule has 2 fully saturated rings. The summed E-state index contributed by atoms with van der Waals surface area (Å²) in [6.07, 6.45) is 3.96. The van der Waals surface area contributed by atoms with Gasteiger partial charge >= 0.3 is 0 Å². The van der Waals surface area contributed by atoms with E-state index in [1.165, 1.54) is 4.31 Å². The standard InChI is InChI=1S/C14H18F2N2O2S/c15-12-5-11(17)6-13(14(12)16)21(19,20)18(7-9-1-2-9)8-10-3-4-10/h5-6,9-10H,1-4,7-8,17H2. The van der Waals surface area contributed by atoms with Crippen LogP contribution in [0.5, 0.6) is 0 Å². The third kappa shape index (κ3) is 3.18. The van der Waals surface area contributed by atoms with E-state index in [0.717, 1.165) is 37.8 Å². The quantitative estimate of drug-likeness (QED) is 0.820. The molecule has 116 valence electrons. The van der Waals surface area contributed by atoms with Crippen LogP contribution in [0.2, 0.25) is 0 Å². The zero-order chi connectivity index (χ0) is 15.2. The molecule has 4 nitrogen and oxygen atoms in total. The first-order chi connectivity index (χ1) is 9.88. The van der Waals surface area contributed by atoms with Crippen LogP contribution >= 0.6 is 0 Å². The lowest BCUT2D eigenvalue weighted by Crippen LogP contribution is -2.35. The van der Waals surface area contributed by atoms with E-state index in [1.807, 2.05) is 0 Å². The van der Waals surface area contributed by atoms with Gasteiger partial charge in [0.15, 0.2) is 11.6 Å². The number of halogens is 2. The number of nitrogens with two attached hydrogens (primary N) is 1. The molecule has 2 aliphatic carbocycles. The highest BCUT2D eigenvalue weighted by Gasteiger charge is 2.37. The third-order valence-electron chi connectivity index (χ3n) is 3.95. The molecule has 0 aromatic heterocycles. The van der Waals surface area contributed by atoms with Crippen LogP contribution in [-0.4, -0.2) is 25.8 Å². The lowest BCUT2D eigenvalue weighted by atomic mass is 10.3. The van der Waals surface area contributed by atoms with Crippen molar-refractivity contribution in [1.82, 2.24) is 4.31 Å². The summed E-state index contributed by atoms with van der Waals surface area (Å²) < 4.78 is 54.0. The first kappa shape index (κ1) is 14.7. The molecule has 0 aliphatic heterocycles. The second kappa shape index (κ2) is 5.21. The van der Waals surface area contributed by atoms with E-state index in [1.54, 1.807) is 0 Å². The first-order valence-corrected chi connectivity index (χ1v) is 8.56. The average molecular weight is 316 g/mol. The fourth-order valence-corrected chi connectivity index (χ4v) is 4.06. The van der Waals surface area contributed by atoms with Crippen LogP contribution in [0.25, 0.3) is 0 Å². The first-order valence-electron chi connectivity index (χ1n) is 7.12. The summed E-state index contributed by atoms with van der Waals surface area (Å²) in [7, 11) is -4.05. The lowest BCUT2D eigenvalue weighted by Gasteiger charge is -2.22. The molecule has 0 bridgehead atoms. The van der Waals surface area contributed by atoms with E-state index >= 15 is 0 Å². The predicted octanol–water partition coefficient (Wildman–Crippen LogP) is 2.36. The van der Waals surface area contributed by atoms with Gasteiger partial charge < -0.3 is 5.73 Å². The summed E-state index contributed by atoms with van der Waals surface area (Å²) in [6, 6.07) is 1.79. The Labute approximate surface area is 123 Å². The van der Waals surface area contributed by atoms with Gasteiger partial charge in [-0.25, -0.2) is 17.2 Å². The maximum atomic E-state index is 13.9. The van der Waals surface area contributed by atoms with Gasteiger partial charge in [-0.05, 0) is 49.7 Å². The van der Waals surface area contributed by atoms with Crippen LogP contribution in [0.4, 0.5) is 14.5 Å². The Bertz CT molecular complexity index is 641. The van der Waals surface area contributed by atoms with E-state index in [4.69, 9.17) is 5.73 Å². The number of rotatable bonds is 6. The van der Waals surface area contributed by atoms with Crippen molar-refractivity contribution in [1.29, 1.82) is 0 Å². The monoisotopic (exact) mass is 316 g/mol. The number of hydrogen-bond donors (Lipinski definition) is 1. The molecule has 0 saturated heterocycles. The Balaban J connectivity index is 1.95. The number of nitrogens with zero attached hydrogens (tertiary/aromatic N) is 1. The molecule has 2 N–H and O–H groups in total. The van der Waals surface area contributed by atoms with E-state index in [9.17, 15) is 17.2 Å². The molecule has 0 unspecified atom stereocenters. The molecule has 0 radical (unpaired) electrons. The van der Waals surface area contributed by atoms with Gasteiger partial charge in [0.2, 0.25) is 10.0 Å². The van der Waals surface area contributed by atoms with Gasteiger partial charge in [0.1, 0.15) is 4.90 Å². The highest BCUT2D eigenvalue weighted by Crippen LogP contribution is 2.36. The molecular formula is C14H18F2N2O2S. The van der Waals surface area contributed by atoms with Crippen LogP contribution < -0.4 is 5.73 Å². The van der Waals surface area contributed by atoms with Crippen molar-refractivity contribution in [3.05, 3.63) is 23.8 Å². The molecule has 2 aliphatic rings. The molecular weight excluding hydrogens is 298 g/mol. The van der Waals surface area contributed by atoms with Gasteiger partial charge in [0, 0.05) is 18.8 Å². The fraction of sp³-hybridized carbons (Fsp3) is 0.571. The molecule has 1 aromatic rings. The van der Waals surface area contributed by atoms with Gasteiger partial charge in [0.05, 0.1) is 0 Å². The second-order valence-electron chi connectivity index (χ2n) is 6.02. The van der Waals surface area contributed by atoms with Crippen LogP contribution in [0, 0.1) is 23.5 Å². The number of nitrogen functional groups attached to an aromatic ring is 1. The topological polar surface area (TPSA) is 63.4 Å². The van der Waals surface area contributed by atoms with E-state index in [-0.39, 0.29) is 5.69 Å². The second-order valence-corrected chi connectivity index (χ2v) is 7.93. The summed E-state index contributed by atoms with van der Waals surface area (Å²) >= 11 is 0. The van der Waals surface area contributed by atoms with Gasteiger partial charge in [-0.15, -0.1) is 0 Å². The molecule has 0 atom stereocenters. The van der Waals surface area contributed by atoms with Crippen molar-refractivity contribution in [2.24, 2.45) is 11.8 Å². The molecule has 0 heterocycles. The van der Waals surface area contributed by atoms with E-state index in [2.05, 4.69) is 0 Å². The normalized spacial score (nSPS) is 19.2. The third-order valence-corrected chi connectivity index (χ3v) is 5.78. The molecule has 7 heteroatoms. The maximum Gasteiger partial charge on any atom is 0.246 e. The maximum absolute atomic E-state index is 13.9. The molecule has 0 spiro atoms. The van der Waals surface area contributed by atoms with Crippen LogP contribution in [-0.2, 0) is 10.0 Å². The highest BCUT2D eigenvalue weighted by atomic mass is 32.2. The van der Waals surface area contributed by atoms with Crippen LogP contribution in [0.15, 0.2) is 17.0 Å². The largest absolute Gasteiger partial charge is 0.399 e. The van der Waals surface area contributed by atoms with Gasteiger partial charge in [0.25, 0.3) is 0 Å². The average Bonchev–Trinajstić information content (AvgIpc) is 3.27. The Morgan fingerprint density at radius 1 is 1.10 bits per heavy atom. The molecule has 3 rings (SSSR count). The minimum absolute atomic E-state index is 0.0923. The number of anilines is 1. The molecule has 21 heavy (non-hydrogen) atoms. The zero-order valence-electron chi connectivity index (χ0n) is 11.6. The summed E-state index contributed by atoms with van der Waals surface area (Å²) in [6.45, 7) is 0.767.